The van der Waals surface area contributed by atoms with Gasteiger partial charge in [-0.1, -0.05) is 6.07 Å². The van der Waals surface area contributed by atoms with Gasteiger partial charge in [-0.25, -0.2) is 9.69 Å². The zero-order chi connectivity index (χ0) is 15.6. The number of benzene rings is 1. The summed E-state index contributed by atoms with van der Waals surface area (Å²) in [5.74, 6) is -0.560. The number of imide groups is 1. The molecule has 0 bridgehead atoms. The molecule has 0 atom stereocenters. The number of rotatable bonds is 4. The van der Waals surface area contributed by atoms with E-state index in [1.165, 1.54) is 18.2 Å². The second-order valence-electron chi connectivity index (χ2n) is 4.68. The van der Waals surface area contributed by atoms with Gasteiger partial charge in [0.05, 0.1) is 4.92 Å². The maximum absolute atomic E-state index is 12.4. The van der Waals surface area contributed by atoms with Crippen molar-refractivity contribution >= 4 is 40.3 Å². The lowest BCUT2D eigenvalue weighted by Gasteiger charge is -2.19. The highest BCUT2D eigenvalue weighted by molar-refractivity contribution is 14.1. The first-order valence-corrected chi connectivity index (χ1v) is 7.79. The topological polar surface area (TPSA) is 89.8 Å². The Morgan fingerprint density at radius 1 is 1.48 bits per heavy atom. The van der Waals surface area contributed by atoms with E-state index >= 15 is 0 Å². The molecule has 0 N–H and O–H groups in total. The Hall–Kier alpha value is -1.71. The fourth-order valence-corrected chi connectivity index (χ4v) is 2.19. The lowest BCUT2D eigenvalue weighted by Crippen LogP contribution is -2.39. The second kappa shape index (κ2) is 6.37. The fourth-order valence-electron chi connectivity index (χ4n) is 1.92. The van der Waals surface area contributed by atoms with E-state index in [0.717, 1.165) is 17.7 Å². The molecule has 1 fully saturated rings. The minimum Gasteiger partial charge on any atom is -0.438 e. The van der Waals surface area contributed by atoms with Crippen molar-refractivity contribution in [3.63, 3.8) is 0 Å². The number of aryl methyl sites for hydroxylation is 1. The van der Waals surface area contributed by atoms with Crippen molar-refractivity contribution in [2.24, 2.45) is 0 Å². The smallest absolute Gasteiger partial charge is 0.417 e. The predicted octanol–water partition coefficient (Wildman–Crippen LogP) is 3.04. The lowest BCUT2D eigenvalue weighted by atomic mass is 10.1. The van der Waals surface area contributed by atoms with Gasteiger partial charge in [0.15, 0.2) is 0 Å². The van der Waals surface area contributed by atoms with Crippen LogP contribution >= 0.6 is 22.6 Å². The molecule has 1 saturated carbocycles. The summed E-state index contributed by atoms with van der Waals surface area (Å²) in [6.45, 7) is 1.59. The molecule has 8 heteroatoms. The highest BCUT2D eigenvalue weighted by atomic mass is 127. The Morgan fingerprint density at radius 3 is 2.67 bits per heavy atom. The molecule has 1 aromatic rings. The highest BCUT2D eigenvalue weighted by Crippen LogP contribution is 2.30. The molecule has 1 aromatic carbocycles. The minimum atomic E-state index is -0.708. The van der Waals surface area contributed by atoms with Gasteiger partial charge in [-0.05, 0) is 48.4 Å². The summed E-state index contributed by atoms with van der Waals surface area (Å²) >= 11 is 1.87. The number of nitrogens with zero attached hydrogens (tertiary/aromatic N) is 2. The Bertz CT molecular complexity index is 600. The van der Waals surface area contributed by atoms with E-state index in [9.17, 15) is 19.7 Å². The predicted molar refractivity (Wildman–Crippen MR) is 82.4 cm³/mol. The quantitative estimate of drug-likeness (QED) is 0.333. The van der Waals surface area contributed by atoms with Crippen LogP contribution in [-0.2, 0) is 4.74 Å². The molecule has 2 amide bonds. The molecule has 0 saturated heterocycles. The molecule has 0 radical (unpaired) electrons. The number of ether oxygens (including phenoxy) is 1. The average Bonchev–Trinajstić information content (AvgIpc) is 3.24. The summed E-state index contributed by atoms with van der Waals surface area (Å²) in [5, 5.41) is 10.9. The van der Waals surface area contributed by atoms with Crippen molar-refractivity contribution in [2.75, 3.05) is 4.61 Å². The largest absolute Gasteiger partial charge is 0.438 e. The Morgan fingerprint density at radius 2 is 2.14 bits per heavy atom. The van der Waals surface area contributed by atoms with Crippen LogP contribution in [0.15, 0.2) is 18.2 Å². The maximum atomic E-state index is 12.4. The number of carbonyl (C=O) groups excluding carboxylic acids is 2. The summed E-state index contributed by atoms with van der Waals surface area (Å²) < 4.78 is 5.01. The number of hydrogen-bond acceptors (Lipinski definition) is 5. The molecular formula is C13H13IN2O5. The highest BCUT2D eigenvalue weighted by Gasteiger charge is 2.39. The van der Waals surface area contributed by atoms with Gasteiger partial charge in [-0.3, -0.25) is 14.9 Å². The van der Waals surface area contributed by atoms with Crippen LogP contribution < -0.4 is 0 Å². The lowest BCUT2D eigenvalue weighted by molar-refractivity contribution is -0.385. The van der Waals surface area contributed by atoms with E-state index in [-0.39, 0.29) is 21.9 Å². The molecule has 0 aliphatic heterocycles. The zero-order valence-corrected chi connectivity index (χ0v) is 13.4. The molecular weight excluding hydrogens is 391 g/mol. The molecule has 0 aromatic heterocycles. The van der Waals surface area contributed by atoms with Gasteiger partial charge >= 0.3 is 6.09 Å². The van der Waals surface area contributed by atoms with Crippen molar-refractivity contribution in [3.8, 4) is 0 Å². The third kappa shape index (κ3) is 3.49. The molecule has 112 valence electrons. The third-order valence-corrected chi connectivity index (χ3v) is 3.47. The first-order chi connectivity index (χ1) is 9.95. The van der Waals surface area contributed by atoms with E-state index < -0.39 is 16.9 Å². The second-order valence-corrected chi connectivity index (χ2v) is 5.31. The monoisotopic (exact) mass is 404 g/mol. The van der Waals surface area contributed by atoms with Crippen molar-refractivity contribution in [3.05, 3.63) is 39.4 Å². The number of alkyl halides is 1. The summed E-state index contributed by atoms with van der Waals surface area (Å²) in [5.41, 5.74) is 0.438. The molecule has 0 spiro atoms. The van der Waals surface area contributed by atoms with Crippen LogP contribution in [0, 0.1) is 17.0 Å². The normalized spacial score (nSPS) is 13.6. The van der Waals surface area contributed by atoms with E-state index in [0.29, 0.717) is 5.56 Å². The van der Waals surface area contributed by atoms with Crippen molar-refractivity contribution in [1.29, 1.82) is 0 Å². The number of nitro groups is 1. The van der Waals surface area contributed by atoms with Gasteiger partial charge in [0.1, 0.15) is 4.61 Å². The Kier molecular flexibility index (Phi) is 4.76. The first-order valence-electron chi connectivity index (χ1n) is 6.27. The van der Waals surface area contributed by atoms with Crippen LogP contribution in [-0.4, -0.2) is 32.5 Å². The van der Waals surface area contributed by atoms with Gasteiger partial charge < -0.3 is 4.74 Å². The van der Waals surface area contributed by atoms with E-state index in [4.69, 9.17) is 4.74 Å². The summed E-state index contributed by atoms with van der Waals surface area (Å²) in [6.07, 6.45) is 0.756. The number of halogens is 1. The summed E-state index contributed by atoms with van der Waals surface area (Å²) in [7, 11) is 0. The standard InChI is InChI=1S/C13H13IN2O5/c1-8-2-3-9(6-11(8)16(19)20)12(17)15(10-4-5-10)13(18)21-7-14/h2-3,6,10H,4-5,7H2,1H3. The molecule has 0 unspecified atom stereocenters. The minimum absolute atomic E-state index is 0.115. The first kappa shape index (κ1) is 15.7. The molecule has 21 heavy (non-hydrogen) atoms. The van der Waals surface area contributed by atoms with E-state index in [1.54, 1.807) is 6.92 Å². The van der Waals surface area contributed by atoms with Crippen molar-refractivity contribution in [2.45, 2.75) is 25.8 Å². The molecule has 1 aliphatic carbocycles. The number of carbonyl (C=O) groups is 2. The van der Waals surface area contributed by atoms with Gasteiger partial charge in [-0.2, -0.15) is 0 Å². The van der Waals surface area contributed by atoms with Gasteiger partial charge in [0, 0.05) is 23.2 Å². The Labute approximate surface area is 134 Å². The summed E-state index contributed by atoms with van der Waals surface area (Å²) in [6, 6.07) is 4.01. The van der Waals surface area contributed by atoms with Crippen LogP contribution in [0.3, 0.4) is 0 Å². The van der Waals surface area contributed by atoms with Crippen molar-refractivity contribution in [1.82, 2.24) is 4.90 Å². The van der Waals surface area contributed by atoms with Gasteiger partial charge in [0.2, 0.25) is 0 Å². The number of hydrogen-bond donors (Lipinski definition) is 0. The maximum Gasteiger partial charge on any atom is 0.417 e. The van der Waals surface area contributed by atoms with Crippen molar-refractivity contribution < 1.29 is 19.2 Å². The molecule has 0 heterocycles. The number of amides is 2. The van der Waals surface area contributed by atoms with E-state index in [1.807, 2.05) is 22.6 Å². The molecule has 2 rings (SSSR count). The fraction of sp³-hybridized carbons (Fsp3) is 0.385. The average molecular weight is 404 g/mol. The Balaban J connectivity index is 2.31. The molecule has 1 aliphatic rings. The van der Waals surface area contributed by atoms with Crippen LogP contribution in [0.25, 0.3) is 0 Å². The number of nitro benzene ring substituents is 1. The van der Waals surface area contributed by atoms with Crippen LogP contribution in [0.1, 0.15) is 28.8 Å². The van der Waals surface area contributed by atoms with Crippen LogP contribution in [0.5, 0.6) is 0 Å². The van der Waals surface area contributed by atoms with Gasteiger partial charge in [0.25, 0.3) is 11.6 Å². The molecule has 7 nitrogen and oxygen atoms in total. The van der Waals surface area contributed by atoms with Crippen LogP contribution in [0.4, 0.5) is 10.5 Å². The summed E-state index contributed by atoms with van der Waals surface area (Å²) in [4.78, 5) is 35.7. The zero-order valence-electron chi connectivity index (χ0n) is 11.2. The van der Waals surface area contributed by atoms with Gasteiger partial charge in [-0.15, -0.1) is 0 Å². The third-order valence-electron chi connectivity index (χ3n) is 3.16. The van der Waals surface area contributed by atoms with Crippen LogP contribution in [0.2, 0.25) is 0 Å². The van der Waals surface area contributed by atoms with E-state index in [2.05, 4.69) is 0 Å². The SMILES string of the molecule is Cc1ccc(C(=O)N(C(=O)OCI)C2CC2)cc1[N+](=O)[O-].